The second-order valence-electron chi connectivity index (χ2n) is 12.1. The predicted octanol–water partition coefficient (Wildman–Crippen LogP) is 5.82. The molecule has 2 aromatic heterocycles. The normalized spacial score (nSPS) is 23.4. The quantitative estimate of drug-likeness (QED) is 0.242. The predicted molar refractivity (Wildman–Crippen MR) is 167 cm³/mol. The highest BCUT2D eigenvalue weighted by Crippen LogP contribution is 2.41. The summed E-state index contributed by atoms with van der Waals surface area (Å²) in [7, 11) is 1.87. The highest BCUT2D eigenvalue weighted by atomic mass is 35.5. The van der Waals surface area contributed by atoms with E-state index in [-0.39, 0.29) is 35.8 Å². The highest BCUT2D eigenvalue weighted by molar-refractivity contribution is 6.36. The van der Waals surface area contributed by atoms with Crippen molar-refractivity contribution >= 4 is 45.0 Å². The van der Waals surface area contributed by atoms with Crippen molar-refractivity contribution in [3.8, 4) is 17.3 Å². The molecule has 0 spiro atoms. The van der Waals surface area contributed by atoms with Crippen LogP contribution in [0, 0.1) is 5.82 Å². The summed E-state index contributed by atoms with van der Waals surface area (Å²) in [6.45, 7) is 6.10. The Labute approximate surface area is 259 Å². The number of alkyl halides is 1. The van der Waals surface area contributed by atoms with Crippen molar-refractivity contribution in [3.63, 3.8) is 0 Å². The van der Waals surface area contributed by atoms with Crippen molar-refractivity contribution in [2.75, 3.05) is 44.7 Å². The number of aromatic nitrogens is 3. The third-order valence-electron chi connectivity index (χ3n) is 9.51. The van der Waals surface area contributed by atoms with Crippen molar-refractivity contribution in [1.29, 1.82) is 0 Å². The van der Waals surface area contributed by atoms with Crippen LogP contribution in [0.2, 0.25) is 5.02 Å². The van der Waals surface area contributed by atoms with Gasteiger partial charge in [-0.3, -0.25) is 14.7 Å². The number of carbonyl (C=O) groups is 1. The first-order valence-electron chi connectivity index (χ1n) is 15.0. The Bertz CT molecular complexity index is 1780. The van der Waals surface area contributed by atoms with Gasteiger partial charge in [-0.25, -0.2) is 8.78 Å². The fourth-order valence-electron chi connectivity index (χ4n) is 7.24. The lowest BCUT2D eigenvalue weighted by atomic mass is 9.95. The van der Waals surface area contributed by atoms with Crippen LogP contribution in [0.4, 0.5) is 14.6 Å². The molecule has 0 bridgehead atoms. The van der Waals surface area contributed by atoms with Crippen LogP contribution in [-0.4, -0.2) is 88.2 Å². The van der Waals surface area contributed by atoms with Crippen molar-refractivity contribution in [1.82, 2.24) is 24.8 Å². The number of fused-ring (bicyclic) bond motifs is 3. The molecule has 8 nitrogen and oxygen atoms in total. The molecule has 3 fully saturated rings. The Kier molecular flexibility index (Phi) is 7.37. The molecule has 5 heterocycles. The van der Waals surface area contributed by atoms with Crippen LogP contribution in [0.5, 0.6) is 6.01 Å². The van der Waals surface area contributed by atoms with Gasteiger partial charge in [0.1, 0.15) is 29.8 Å². The van der Waals surface area contributed by atoms with Gasteiger partial charge in [0.05, 0.1) is 10.9 Å². The first kappa shape index (κ1) is 28.9. The number of carbonyl (C=O) groups excluding carboxylic acids is 1. The van der Waals surface area contributed by atoms with Crippen LogP contribution >= 0.6 is 11.6 Å². The Morgan fingerprint density at radius 3 is 2.86 bits per heavy atom. The fraction of sp³-hybridized carbons (Fsp3) is 0.394. The third kappa shape index (κ3) is 4.84. The summed E-state index contributed by atoms with van der Waals surface area (Å²) in [5.41, 5.74) is 0.328. The molecule has 4 aromatic rings. The van der Waals surface area contributed by atoms with E-state index in [2.05, 4.69) is 21.4 Å². The summed E-state index contributed by atoms with van der Waals surface area (Å²) < 4.78 is 37.3. The van der Waals surface area contributed by atoms with Gasteiger partial charge < -0.3 is 14.5 Å². The van der Waals surface area contributed by atoms with E-state index >= 15 is 4.39 Å². The largest absolute Gasteiger partial charge is 0.461 e. The SMILES string of the molecule is C=CC(=O)N1CC[C@@H](N(C)c2nc(OC[C@]34CCCN3C[C@@H](F)C4)nc3c(F)c(-c4cccc5cccc(Cl)c45)ncc23)C1. The molecule has 2 aromatic carbocycles. The van der Waals surface area contributed by atoms with E-state index < -0.39 is 17.5 Å². The number of halogens is 3. The van der Waals surface area contributed by atoms with Crippen LogP contribution in [0.1, 0.15) is 25.7 Å². The molecule has 1 amide bonds. The first-order valence-corrected chi connectivity index (χ1v) is 15.4. The molecule has 3 saturated heterocycles. The maximum absolute atomic E-state index is 16.6. The lowest BCUT2D eigenvalue weighted by Gasteiger charge is -2.31. The van der Waals surface area contributed by atoms with E-state index in [1.807, 2.05) is 36.2 Å². The molecular weight excluding hydrogens is 586 g/mol. The van der Waals surface area contributed by atoms with Crippen molar-refractivity contribution in [3.05, 3.63) is 66.1 Å². The minimum atomic E-state index is -0.902. The highest BCUT2D eigenvalue weighted by Gasteiger charge is 2.49. The summed E-state index contributed by atoms with van der Waals surface area (Å²) in [5.74, 6) is -0.295. The standard InChI is InChI=1S/C33H33ClF2N6O2/c1-3-26(43)41-14-11-22(18-41)40(2)31-24-16-37-29(23-9-4-7-20-8-5-10-25(34)27(20)23)28(36)30(24)38-32(39-31)44-19-33-12-6-13-42(33)17-21(35)15-33/h3-5,7-10,16,21-22H,1,6,11-15,17-19H2,2H3/t21-,22+,33+/m0/s1. The number of hydrogen-bond donors (Lipinski definition) is 0. The molecule has 7 rings (SSSR count). The van der Waals surface area contributed by atoms with Crippen LogP contribution in [0.25, 0.3) is 32.9 Å². The van der Waals surface area contributed by atoms with E-state index in [0.29, 0.717) is 59.7 Å². The zero-order valence-corrected chi connectivity index (χ0v) is 25.2. The van der Waals surface area contributed by atoms with Gasteiger partial charge >= 0.3 is 6.01 Å². The summed E-state index contributed by atoms with van der Waals surface area (Å²) in [6.07, 6.45) is 4.90. The van der Waals surface area contributed by atoms with Gasteiger partial charge in [0.15, 0.2) is 5.82 Å². The minimum Gasteiger partial charge on any atom is -0.461 e. The number of amides is 1. The number of rotatable bonds is 7. The van der Waals surface area contributed by atoms with Crippen LogP contribution in [0.15, 0.2) is 55.3 Å². The smallest absolute Gasteiger partial charge is 0.319 e. The number of anilines is 1. The molecule has 3 atom stereocenters. The number of nitrogens with zero attached hydrogens (tertiary/aromatic N) is 6. The van der Waals surface area contributed by atoms with E-state index in [9.17, 15) is 9.18 Å². The zero-order valence-electron chi connectivity index (χ0n) is 24.5. The summed E-state index contributed by atoms with van der Waals surface area (Å²) in [6, 6.07) is 11.0. The van der Waals surface area contributed by atoms with Crippen LogP contribution in [-0.2, 0) is 4.79 Å². The Morgan fingerprint density at radius 2 is 2.05 bits per heavy atom. The number of likely N-dealkylation sites (tertiary alicyclic amines) is 1. The molecular formula is C33H33ClF2N6O2. The van der Waals surface area contributed by atoms with Crippen molar-refractivity contribution < 1.29 is 18.3 Å². The molecule has 0 radical (unpaired) electrons. The zero-order chi connectivity index (χ0) is 30.6. The first-order chi connectivity index (χ1) is 21.3. The van der Waals surface area contributed by atoms with Gasteiger partial charge in [0.25, 0.3) is 0 Å². The second kappa shape index (κ2) is 11.2. The monoisotopic (exact) mass is 618 g/mol. The van der Waals surface area contributed by atoms with E-state index in [4.69, 9.17) is 21.3 Å². The average Bonchev–Trinajstić information content (AvgIpc) is 3.74. The molecule has 228 valence electrons. The summed E-state index contributed by atoms with van der Waals surface area (Å²) >= 11 is 6.58. The molecule has 3 aliphatic rings. The number of pyridine rings is 1. The van der Waals surface area contributed by atoms with E-state index in [0.717, 1.165) is 24.8 Å². The number of benzene rings is 2. The number of ether oxygens (including phenoxy) is 1. The van der Waals surface area contributed by atoms with Gasteiger partial charge in [-0.2, -0.15) is 9.97 Å². The van der Waals surface area contributed by atoms with Gasteiger partial charge in [0, 0.05) is 61.3 Å². The Hall–Kier alpha value is -3.89. The Morgan fingerprint density at radius 1 is 1.23 bits per heavy atom. The Balaban J connectivity index is 1.32. The lowest BCUT2D eigenvalue weighted by Crippen LogP contribution is -2.43. The van der Waals surface area contributed by atoms with Gasteiger partial charge in [-0.15, -0.1) is 0 Å². The van der Waals surface area contributed by atoms with E-state index in [1.54, 1.807) is 23.2 Å². The molecule has 44 heavy (non-hydrogen) atoms. The molecule has 0 unspecified atom stereocenters. The third-order valence-corrected chi connectivity index (χ3v) is 9.83. The van der Waals surface area contributed by atoms with Gasteiger partial charge in [0.2, 0.25) is 5.91 Å². The maximum Gasteiger partial charge on any atom is 0.319 e. The van der Waals surface area contributed by atoms with Crippen molar-refractivity contribution in [2.45, 2.75) is 43.4 Å². The summed E-state index contributed by atoms with van der Waals surface area (Å²) in [4.78, 5) is 32.0. The van der Waals surface area contributed by atoms with Crippen molar-refractivity contribution in [2.24, 2.45) is 0 Å². The second-order valence-corrected chi connectivity index (χ2v) is 12.5. The molecule has 0 aliphatic carbocycles. The fourth-order valence-corrected chi connectivity index (χ4v) is 7.53. The molecule has 0 N–H and O–H groups in total. The minimum absolute atomic E-state index is 0.0203. The van der Waals surface area contributed by atoms with Crippen LogP contribution in [0.3, 0.4) is 0 Å². The molecule has 0 saturated carbocycles. The topological polar surface area (TPSA) is 74.7 Å². The molecule has 11 heteroatoms. The summed E-state index contributed by atoms with van der Waals surface area (Å²) in [5, 5.41) is 2.48. The number of hydrogen-bond acceptors (Lipinski definition) is 7. The maximum atomic E-state index is 16.6. The van der Waals surface area contributed by atoms with Crippen LogP contribution < -0.4 is 9.64 Å². The van der Waals surface area contributed by atoms with Gasteiger partial charge in [-0.1, -0.05) is 48.5 Å². The lowest BCUT2D eigenvalue weighted by molar-refractivity contribution is -0.125. The molecule has 3 aliphatic heterocycles. The average molecular weight is 619 g/mol. The van der Waals surface area contributed by atoms with Gasteiger partial charge in [-0.05, 0) is 43.3 Å². The van der Waals surface area contributed by atoms with E-state index in [1.165, 1.54) is 6.08 Å². The number of likely N-dealkylation sites (N-methyl/N-ethyl adjacent to an activating group) is 1.